The number of hydrogen-bond donors (Lipinski definition) is 4. The van der Waals surface area contributed by atoms with E-state index in [2.05, 4.69) is 10.6 Å². The second-order valence-electron chi connectivity index (χ2n) is 6.36. The predicted octanol–water partition coefficient (Wildman–Crippen LogP) is 3.57. The number of nitrogens with one attached hydrogen (secondary N) is 2. The van der Waals surface area contributed by atoms with Crippen molar-refractivity contribution in [3.8, 4) is 5.75 Å². The summed E-state index contributed by atoms with van der Waals surface area (Å²) in [4.78, 5) is 24.4. The van der Waals surface area contributed by atoms with Gasteiger partial charge in [0.25, 0.3) is 0 Å². The molecule has 0 bridgehead atoms. The number of amides is 2. The fourth-order valence-electron chi connectivity index (χ4n) is 2.63. The van der Waals surface area contributed by atoms with E-state index in [1.807, 2.05) is 30.3 Å². The maximum atomic E-state index is 12.4. The molecule has 3 rings (SSSR count). The van der Waals surface area contributed by atoms with Crippen molar-refractivity contribution in [2.24, 2.45) is 5.73 Å². The number of furan rings is 1. The van der Waals surface area contributed by atoms with Crippen molar-refractivity contribution in [3.63, 3.8) is 0 Å². The molecule has 1 heterocycles. The first-order valence-corrected chi connectivity index (χ1v) is 8.97. The third-order valence-corrected chi connectivity index (χ3v) is 4.10. The second-order valence-corrected chi connectivity index (χ2v) is 6.36. The Morgan fingerprint density at radius 2 is 1.83 bits per heavy atom. The Hall–Kier alpha value is -3.55. The average molecular weight is 428 g/mol. The molecule has 2 aromatic carbocycles. The van der Waals surface area contributed by atoms with E-state index >= 15 is 0 Å². The Kier molecular flexibility index (Phi) is 8.22. The highest BCUT2D eigenvalue weighted by molar-refractivity contribution is 6.03. The number of anilines is 2. The summed E-state index contributed by atoms with van der Waals surface area (Å²) >= 11 is 0. The minimum absolute atomic E-state index is 0. The molecule has 1 aromatic heterocycles. The number of benzene rings is 2. The summed E-state index contributed by atoms with van der Waals surface area (Å²) in [5.74, 6) is -0.406. The molecular weight excluding hydrogens is 406 g/mol. The molecule has 0 aliphatic heterocycles. The Morgan fingerprint density at radius 3 is 2.53 bits per heavy atom. The van der Waals surface area contributed by atoms with Crippen LogP contribution in [0.5, 0.6) is 5.75 Å². The van der Waals surface area contributed by atoms with E-state index in [4.69, 9.17) is 10.2 Å². The van der Waals surface area contributed by atoms with Crippen molar-refractivity contribution in [1.82, 2.24) is 0 Å². The molecule has 8 heteroatoms. The van der Waals surface area contributed by atoms with Crippen LogP contribution in [0.3, 0.4) is 0 Å². The van der Waals surface area contributed by atoms with Gasteiger partial charge >= 0.3 is 0 Å². The number of hydrogen-bond acceptors (Lipinski definition) is 5. The minimum Gasteiger partial charge on any atom is -0.506 e. The van der Waals surface area contributed by atoms with E-state index in [0.717, 1.165) is 5.56 Å². The minimum atomic E-state index is -0.786. The van der Waals surface area contributed by atoms with Crippen molar-refractivity contribution in [1.29, 1.82) is 0 Å². The van der Waals surface area contributed by atoms with Crippen molar-refractivity contribution < 1.29 is 19.1 Å². The first kappa shape index (κ1) is 22.7. The quantitative estimate of drug-likeness (QED) is 0.261. The van der Waals surface area contributed by atoms with Crippen molar-refractivity contribution in [3.05, 3.63) is 84.3 Å². The lowest BCUT2D eigenvalue weighted by molar-refractivity contribution is -0.117. The average Bonchev–Trinajstić information content (AvgIpc) is 3.23. The number of nitrogens with two attached hydrogens (primary N) is 1. The molecule has 156 valence electrons. The van der Waals surface area contributed by atoms with Crippen LogP contribution in [0.2, 0.25) is 0 Å². The van der Waals surface area contributed by atoms with Gasteiger partial charge in [-0.2, -0.15) is 0 Å². The summed E-state index contributed by atoms with van der Waals surface area (Å²) in [5.41, 5.74) is 7.47. The Balaban J connectivity index is 0.00000320. The van der Waals surface area contributed by atoms with Crippen LogP contribution in [0.1, 0.15) is 11.3 Å². The molecule has 0 saturated carbocycles. The molecule has 0 spiro atoms. The molecule has 0 aliphatic rings. The van der Waals surface area contributed by atoms with E-state index in [1.165, 1.54) is 36.6 Å². The van der Waals surface area contributed by atoms with Gasteiger partial charge in [-0.1, -0.05) is 30.3 Å². The molecular formula is C22H22ClN3O4. The SMILES string of the molecule is Cl.N[C@@H](Cc1ccccc1)C(=O)Nc1cc(NC(=O)/C=C/c2ccco2)ccc1O. The molecule has 0 aliphatic carbocycles. The topological polar surface area (TPSA) is 118 Å². The lowest BCUT2D eigenvalue weighted by Gasteiger charge is -2.14. The molecule has 0 radical (unpaired) electrons. The van der Waals surface area contributed by atoms with Gasteiger partial charge < -0.3 is 25.9 Å². The summed E-state index contributed by atoms with van der Waals surface area (Å²) < 4.78 is 5.12. The van der Waals surface area contributed by atoms with Crippen LogP contribution >= 0.6 is 12.4 Å². The maximum absolute atomic E-state index is 12.4. The van der Waals surface area contributed by atoms with Crippen LogP contribution in [-0.4, -0.2) is 23.0 Å². The third kappa shape index (κ3) is 6.51. The zero-order valence-electron chi connectivity index (χ0n) is 15.9. The van der Waals surface area contributed by atoms with Gasteiger partial charge in [0, 0.05) is 11.8 Å². The van der Waals surface area contributed by atoms with Crippen LogP contribution in [0.4, 0.5) is 11.4 Å². The molecule has 5 N–H and O–H groups in total. The highest BCUT2D eigenvalue weighted by Gasteiger charge is 2.16. The predicted molar refractivity (Wildman–Crippen MR) is 118 cm³/mol. The number of carbonyl (C=O) groups excluding carboxylic acids is 2. The zero-order valence-corrected chi connectivity index (χ0v) is 16.8. The Morgan fingerprint density at radius 1 is 1.07 bits per heavy atom. The lowest BCUT2D eigenvalue weighted by atomic mass is 10.1. The first-order valence-electron chi connectivity index (χ1n) is 8.97. The summed E-state index contributed by atoms with van der Waals surface area (Å²) in [7, 11) is 0. The summed E-state index contributed by atoms with van der Waals surface area (Å²) in [6.07, 6.45) is 4.72. The number of rotatable bonds is 7. The molecule has 0 saturated heterocycles. The van der Waals surface area contributed by atoms with E-state index in [1.54, 1.807) is 12.1 Å². The molecule has 30 heavy (non-hydrogen) atoms. The summed E-state index contributed by atoms with van der Waals surface area (Å²) in [6.45, 7) is 0. The summed E-state index contributed by atoms with van der Waals surface area (Å²) in [5, 5.41) is 15.3. The van der Waals surface area contributed by atoms with E-state index in [-0.39, 0.29) is 29.8 Å². The smallest absolute Gasteiger partial charge is 0.248 e. The van der Waals surface area contributed by atoms with Gasteiger partial charge in [0.05, 0.1) is 18.0 Å². The van der Waals surface area contributed by atoms with Crippen LogP contribution in [0.25, 0.3) is 6.08 Å². The molecule has 0 fully saturated rings. The largest absolute Gasteiger partial charge is 0.506 e. The molecule has 0 unspecified atom stereocenters. The Bertz CT molecular complexity index is 1000. The maximum Gasteiger partial charge on any atom is 0.248 e. The number of phenolic OH excluding ortho intramolecular Hbond substituents is 1. The van der Waals surface area contributed by atoms with Gasteiger partial charge in [0.2, 0.25) is 11.8 Å². The molecule has 3 aromatic rings. The lowest BCUT2D eigenvalue weighted by Crippen LogP contribution is -2.37. The molecule has 2 amide bonds. The standard InChI is InChI=1S/C22H21N3O4.ClH/c23-18(13-15-5-2-1-3-6-15)22(28)25-19-14-16(8-10-20(19)26)24-21(27)11-9-17-7-4-12-29-17;/h1-12,14,18,26H,13,23H2,(H,24,27)(H,25,28);1H/b11-9+;/t18-;/m0./s1. The van der Waals surface area contributed by atoms with E-state index in [9.17, 15) is 14.7 Å². The van der Waals surface area contributed by atoms with Crippen molar-refractivity contribution >= 4 is 41.7 Å². The normalized spacial score (nSPS) is 11.5. The highest BCUT2D eigenvalue weighted by Crippen LogP contribution is 2.27. The van der Waals surface area contributed by atoms with E-state index in [0.29, 0.717) is 17.9 Å². The highest BCUT2D eigenvalue weighted by atomic mass is 35.5. The monoisotopic (exact) mass is 427 g/mol. The number of phenols is 1. The van der Waals surface area contributed by atoms with Gasteiger partial charge in [0.1, 0.15) is 11.5 Å². The van der Waals surface area contributed by atoms with Gasteiger partial charge in [-0.25, -0.2) is 0 Å². The first-order chi connectivity index (χ1) is 14.0. The summed E-state index contributed by atoms with van der Waals surface area (Å²) in [6, 6.07) is 16.4. The number of halogens is 1. The van der Waals surface area contributed by atoms with E-state index < -0.39 is 11.9 Å². The molecule has 7 nitrogen and oxygen atoms in total. The fourth-order valence-corrected chi connectivity index (χ4v) is 2.63. The van der Waals surface area contributed by atoms with Crippen LogP contribution < -0.4 is 16.4 Å². The fraction of sp³-hybridized carbons (Fsp3) is 0.0909. The van der Waals surface area contributed by atoms with Gasteiger partial charge in [0.15, 0.2) is 0 Å². The molecule has 1 atom stereocenters. The van der Waals surface area contributed by atoms with Crippen LogP contribution in [0.15, 0.2) is 77.4 Å². The van der Waals surface area contributed by atoms with Crippen molar-refractivity contribution in [2.45, 2.75) is 12.5 Å². The van der Waals surface area contributed by atoms with Gasteiger partial charge in [-0.3, -0.25) is 9.59 Å². The number of carbonyl (C=O) groups is 2. The third-order valence-electron chi connectivity index (χ3n) is 4.10. The van der Waals surface area contributed by atoms with Gasteiger partial charge in [-0.15, -0.1) is 12.4 Å². The van der Waals surface area contributed by atoms with Gasteiger partial charge in [-0.05, 0) is 48.4 Å². The van der Waals surface area contributed by atoms with Crippen molar-refractivity contribution in [2.75, 3.05) is 10.6 Å². The zero-order chi connectivity index (χ0) is 20.6. The Labute approximate surface area is 180 Å². The van der Waals surface area contributed by atoms with Crippen LogP contribution in [0, 0.1) is 0 Å². The van der Waals surface area contributed by atoms with Crippen LogP contribution in [-0.2, 0) is 16.0 Å². The number of aromatic hydroxyl groups is 1. The second kappa shape index (κ2) is 10.8.